The Bertz CT molecular complexity index is 896. The Morgan fingerprint density at radius 1 is 1.08 bits per heavy atom. The van der Waals surface area contributed by atoms with Gasteiger partial charge in [-0.2, -0.15) is 0 Å². The second-order valence-electron chi connectivity index (χ2n) is 5.85. The molecule has 2 aromatic carbocycles. The number of carbonyl (C=O) groups is 1. The summed E-state index contributed by atoms with van der Waals surface area (Å²) in [5.41, 5.74) is 1.30. The highest BCUT2D eigenvalue weighted by Crippen LogP contribution is 2.33. The number of aromatic nitrogens is 1. The van der Waals surface area contributed by atoms with Gasteiger partial charge in [0.1, 0.15) is 5.52 Å². The fourth-order valence-electron chi connectivity index (χ4n) is 2.35. The molecule has 0 atom stereocenters. The summed E-state index contributed by atoms with van der Waals surface area (Å²) in [6, 6.07) is 12.5. The number of halogens is 3. The molecule has 0 saturated carbocycles. The summed E-state index contributed by atoms with van der Waals surface area (Å²) < 4.78 is 0.959. The van der Waals surface area contributed by atoms with Gasteiger partial charge in [0.2, 0.25) is 0 Å². The van der Waals surface area contributed by atoms with Crippen LogP contribution in [0, 0.1) is 0 Å². The molecule has 0 unspecified atom stereocenters. The Morgan fingerprint density at radius 3 is 2.38 bits per heavy atom. The number of amides is 1. The number of para-hydroxylation sites is 1. The van der Waals surface area contributed by atoms with E-state index in [0.717, 1.165) is 16.8 Å². The standard InChI is InChI=1S/C18H17Cl2N3OS.ClH/c1-22(2)10-11-23(17(24)12-6-8-13(19)9-7-12)18-21-16-14(20)4-3-5-15(16)25-18;/h3-9H,10-11H2,1-2H3;1H. The molecule has 1 heterocycles. The molecule has 0 saturated heterocycles. The smallest absolute Gasteiger partial charge is 0.260 e. The zero-order valence-corrected chi connectivity index (χ0v) is 17.4. The Hall–Kier alpha value is -1.37. The molecule has 8 heteroatoms. The van der Waals surface area contributed by atoms with Crippen LogP contribution in [-0.4, -0.2) is 43.0 Å². The van der Waals surface area contributed by atoms with Gasteiger partial charge >= 0.3 is 0 Å². The fourth-order valence-corrected chi connectivity index (χ4v) is 3.77. The number of thiazole rings is 1. The highest BCUT2D eigenvalue weighted by Gasteiger charge is 2.22. The van der Waals surface area contributed by atoms with Gasteiger partial charge in [-0.1, -0.05) is 40.6 Å². The molecular weight excluding hydrogens is 413 g/mol. The summed E-state index contributed by atoms with van der Waals surface area (Å²) in [4.78, 5) is 21.4. The molecule has 0 fully saturated rings. The predicted molar refractivity (Wildman–Crippen MR) is 114 cm³/mol. The highest BCUT2D eigenvalue weighted by atomic mass is 35.5. The molecule has 0 aliphatic rings. The van der Waals surface area contributed by atoms with E-state index in [-0.39, 0.29) is 18.3 Å². The van der Waals surface area contributed by atoms with E-state index in [0.29, 0.717) is 27.3 Å². The van der Waals surface area contributed by atoms with Gasteiger partial charge in [-0.3, -0.25) is 9.69 Å². The van der Waals surface area contributed by atoms with Crippen molar-refractivity contribution in [1.82, 2.24) is 9.88 Å². The molecule has 0 bridgehead atoms. The topological polar surface area (TPSA) is 36.4 Å². The minimum absolute atomic E-state index is 0. The molecule has 0 aliphatic heterocycles. The first-order valence-corrected chi connectivity index (χ1v) is 9.30. The Kier molecular flexibility index (Phi) is 7.26. The van der Waals surface area contributed by atoms with Gasteiger partial charge in [0, 0.05) is 23.7 Å². The summed E-state index contributed by atoms with van der Waals surface area (Å²) in [5.74, 6) is -0.103. The van der Waals surface area contributed by atoms with Crippen LogP contribution in [0.15, 0.2) is 42.5 Å². The van der Waals surface area contributed by atoms with E-state index < -0.39 is 0 Å². The van der Waals surface area contributed by atoms with Gasteiger partial charge < -0.3 is 4.90 Å². The summed E-state index contributed by atoms with van der Waals surface area (Å²) in [6.45, 7) is 1.26. The number of hydrogen-bond acceptors (Lipinski definition) is 4. The van der Waals surface area contributed by atoms with E-state index in [1.165, 1.54) is 11.3 Å². The van der Waals surface area contributed by atoms with Crippen LogP contribution in [0.1, 0.15) is 10.4 Å². The third-order valence-electron chi connectivity index (χ3n) is 3.70. The van der Waals surface area contributed by atoms with Gasteiger partial charge in [0.25, 0.3) is 5.91 Å². The molecule has 138 valence electrons. The maximum atomic E-state index is 13.0. The first-order chi connectivity index (χ1) is 12.0. The lowest BCUT2D eigenvalue weighted by molar-refractivity contribution is 0.0985. The van der Waals surface area contributed by atoms with Crippen LogP contribution in [0.25, 0.3) is 10.2 Å². The Labute approximate surface area is 172 Å². The first kappa shape index (κ1) is 20.9. The van der Waals surface area contributed by atoms with Crippen molar-refractivity contribution < 1.29 is 4.79 Å². The zero-order chi connectivity index (χ0) is 18.0. The van der Waals surface area contributed by atoms with E-state index >= 15 is 0 Å². The molecule has 4 nitrogen and oxygen atoms in total. The number of nitrogens with zero attached hydrogens (tertiary/aromatic N) is 3. The van der Waals surface area contributed by atoms with Crippen molar-refractivity contribution >= 4 is 68.2 Å². The van der Waals surface area contributed by atoms with Crippen molar-refractivity contribution in [2.75, 3.05) is 32.1 Å². The normalized spacial score (nSPS) is 10.8. The van der Waals surface area contributed by atoms with Crippen molar-refractivity contribution in [2.45, 2.75) is 0 Å². The van der Waals surface area contributed by atoms with Crippen LogP contribution in [-0.2, 0) is 0 Å². The maximum Gasteiger partial charge on any atom is 0.260 e. The first-order valence-electron chi connectivity index (χ1n) is 7.73. The number of benzene rings is 2. The van der Waals surface area contributed by atoms with Crippen LogP contribution in [0.4, 0.5) is 5.13 Å². The second-order valence-corrected chi connectivity index (χ2v) is 7.70. The third kappa shape index (κ3) is 4.67. The van der Waals surface area contributed by atoms with Crippen molar-refractivity contribution in [3.8, 4) is 0 Å². The minimum atomic E-state index is -0.103. The van der Waals surface area contributed by atoms with E-state index in [9.17, 15) is 4.79 Å². The number of anilines is 1. The van der Waals surface area contributed by atoms with Gasteiger partial charge in [0.05, 0.1) is 9.72 Å². The number of carbonyl (C=O) groups excluding carboxylic acids is 1. The number of rotatable bonds is 5. The van der Waals surface area contributed by atoms with Crippen LogP contribution < -0.4 is 4.90 Å². The lowest BCUT2D eigenvalue weighted by Gasteiger charge is -2.22. The molecular formula is C18H18Cl3N3OS. The fraction of sp³-hybridized carbons (Fsp3) is 0.222. The number of hydrogen-bond donors (Lipinski definition) is 0. The molecule has 1 amide bonds. The molecule has 1 aromatic heterocycles. The number of likely N-dealkylation sites (N-methyl/N-ethyl adjacent to an activating group) is 1. The quantitative estimate of drug-likeness (QED) is 0.556. The van der Waals surface area contributed by atoms with Crippen LogP contribution in [0.3, 0.4) is 0 Å². The Balaban J connectivity index is 0.00000243. The largest absolute Gasteiger partial charge is 0.308 e. The highest BCUT2D eigenvalue weighted by molar-refractivity contribution is 7.22. The van der Waals surface area contributed by atoms with Gasteiger partial charge in [-0.05, 0) is 50.5 Å². The lowest BCUT2D eigenvalue weighted by atomic mass is 10.2. The third-order valence-corrected chi connectivity index (χ3v) is 5.30. The SMILES string of the molecule is CN(C)CCN(C(=O)c1ccc(Cl)cc1)c1nc2c(Cl)cccc2s1.Cl. The average Bonchev–Trinajstić information content (AvgIpc) is 3.00. The predicted octanol–water partition coefficient (Wildman–Crippen LogP) is 5.23. The van der Waals surface area contributed by atoms with Crippen molar-refractivity contribution in [3.63, 3.8) is 0 Å². The summed E-state index contributed by atoms with van der Waals surface area (Å²) in [5, 5.41) is 1.83. The average molecular weight is 431 g/mol. The van der Waals surface area contributed by atoms with E-state index in [4.69, 9.17) is 23.2 Å². The maximum absolute atomic E-state index is 13.0. The monoisotopic (exact) mass is 429 g/mol. The van der Waals surface area contributed by atoms with Gasteiger partial charge in [-0.25, -0.2) is 4.98 Å². The summed E-state index contributed by atoms with van der Waals surface area (Å²) in [7, 11) is 3.94. The molecule has 0 radical (unpaired) electrons. The molecule has 0 N–H and O–H groups in total. The zero-order valence-electron chi connectivity index (χ0n) is 14.3. The minimum Gasteiger partial charge on any atom is -0.308 e. The van der Waals surface area contributed by atoms with E-state index in [1.807, 2.05) is 31.1 Å². The molecule has 3 aromatic rings. The van der Waals surface area contributed by atoms with Crippen molar-refractivity contribution in [3.05, 3.63) is 58.1 Å². The molecule has 26 heavy (non-hydrogen) atoms. The van der Waals surface area contributed by atoms with E-state index in [1.54, 1.807) is 35.2 Å². The van der Waals surface area contributed by atoms with Gasteiger partial charge in [0.15, 0.2) is 5.13 Å². The number of fused-ring (bicyclic) bond motifs is 1. The summed E-state index contributed by atoms with van der Waals surface area (Å²) >= 11 is 13.6. The van der Waals surface area contributed by atoms with Gasteiger partial charge in [-0.15, -0.1) is 12.4 Å². The lowest BCUT2D eigenvalue weighted by Crippen LogP contribution is -2.36. The molecule has 3 rings (SSSR count). The van der Waals surface area contributed by atoms with Crippen LogP contribution in [0.2, 0.25) is 10.0 Å². The van der Waals surface area contributed by atoms with E-state index in [2.05, 4.69) is 4.98 Å². The van der Waals surface area contributed by atoms with Crippen molar-refractivity contribution in [2.24, 2.45) is 0 Å². The van der Waals surface area contributed by atoms with Crippen LogP contribution in [0.5, 0.6) is 0 Å². The van der Waals surface area contributed by atoms with Crippen LogP contribution >= 0.6 is 46.9 Å². The molecule has 0 aliphatic carbocycles. The molecule has 0 spiro atoms. The Morgan fingerprint density at radius 2 is 1.77 bits per heavy atom. The van der Waals surface area contributed by atoms with Crippen molar-refractivity contribution in [1.29, 1.82) is 0 Å². The second kappa shape index (κ2) is 9.02. The summed E-state index contributed by atoms with van der Waals surface area (Å²) in [6.07, 6.45) is 0.